The van der Waals surface area contributed by atoms with Crippen molar-refractivity contribution in [3.63, 3.8) is 0 Å². The van der Waals surface area contributed by atoms with E-state index >= 15 is 0 Å². The minimum atomic E-state index is -1.03. The van der Waals surface area contributed by atoms with Gasteiger partial charge in [0.15, 0.2) is 0 Å². The third kappa shape index (κ3) is 3.01. The fourth-order valence-electron chi connectivity index (χ4n) is 2.33. The molecule has 2 rings (SSSR count). The van der Waals surface area contributed by atoms with Crippen molar-refractivity contribution in [3.05, 3.63) is 30.1 Å². The van der Waals surface area contributed by atoms with Gasteiger partial charge < -0.3 is 14.5 Å². The van der Waals surface area contributed by atoms with Crippen molar-refractivity contribution in [2.75, 3.05) is 0 Å². The first kappa shape index (κ1) is 13.7. The van der Waals surface area contributed by atoms with E-state index < -0.39 is 5.60 Å². The smallest absolute Gasteiger partial charge is 0.122 e. The quantitative estimate of drug-likeness (QED) is 0.811. The largest absolute Gasteiger partial charge is 0.389 e. The summed E-state index contributed by atoms with van der Waals surface area (Å²) in [5.41, 5.74) is 0.989. The molecule has 19 heavy (non-hydrogen) atoms. The van der Waals surface area contributed by atoms with Crippen molar-refractivity contribution in [2.24, 2.45) is 0 Å². The third-order valence-electron chi connectivity index (χ3n) is 3.24. The van der Waals surface area contributed by atoms with Gasteiger partial charge >= 0.3 is 0 Å². The predicted molar refractivity (Wildman–Crippen MR) is 75.0 cm³/mol. The fourth-order valence-corrected chi connectivity index (χ4v) is 2.33. The number of carbonyl (C=O) groups is 1. The molecule has 1 aromatic heterocycles. The number of fused-ring (bicyclic) bond motifs is 1. The zero-order valence-corrected chi connectivity index (χ0v) is 11.5. The summed E-state index contributed by atoms with van der Waals surface area (Å²) in [5, 5.41) is 10.2. The van der Waals surface area contributed by atoms with E-state index in [1.807, 2.05) is 24.3 Å². The number of aldehydes is 1. The molecule has 1 atom stereocenters. The van der Waals surface area contributed by atoms with Gasteiger partial charge in [0.05, 0.1) is 16.6 Å². The van der Waals surface area contributed by atoms with E-state index in [0.29, 0.717) is 6.42 Å². The Morgan fingerprint density at radius 1 is 1.42 bits per heavy atom. The highest BCUT2D eigenvalue weighted by atomic mass is 16.3. The van der Waals surface area contributed by atoms with Gasteiger partial charge in [0.1, 0.15) is 12.1 Å². The number of aliphatic hydroxyl groups is 1. The highest BCUT2D eigenvalue weighted by molar-refractivity contribution is 5.75. The Morgan fingerprint density at radius 2 is 2.16 bits per heavy atom. The van der Waals surface area contributed by atoms with E-state index in [2.05, 4.69) is 16.5 Å². The summed E-state index contributed by atoms with van der Waals surface area (Å²) in [6.07, 6.45) is 2.28. The minimum Gasteiger partial charge on any atom is -0.389 e. The molecule has 0 aliphatic rings. The van der Waals surface area contributed by atoms with Crippen LogP contribution in [0.4, 0.5) is 0 Å². The Hall–Kier alpha value is -1.68. The van der Waals surface area contributed by atoms with Gasteiger partial charge in [0, 0.05) is 19.4 Å². The monoisotopic (exact) mass is 260 g/mol. The minimum absolute atomic E-state index is 0.127. The van der Waals surface area contributed by atoms with Gasteiger partial charge in [-0.05, 0) is 25.5 Å². The summed E-state index contributed by atoms with van der Waals surface area (Å²) in [7, 11) is 0. The second-order valence-electron chi connectivity index (χ2n) is 5.21. The lowest BCUT2D eigenvalue weighted by Gasteiger charge is -2.20. The molecule has 4 nitrogen and oxygen atoms in total. The lowest BCUT2D eigenvalue weighted by atomic mass is 9.98. The lowest BCUT2D eigenvalue weighted by Crippen LogP contribution is -2.29. The summed E-state index contributed by atoms with van der Waals surface area (Å²) in [6, 6.07) is 7.96. The number of imidazole rings is 1. The molecule has 1 N–H and O–H groups in total. The first-order valence-corrected chi connectivity index (χ1v) is 6.67. The Labute approximate surface area is 113 Å². The number of hydrogen-bond acceptors (Lipinski definition) is 3. The van der Waals surface area contributed by atoms with Gasteiger partial charge in [-0.15, -0.1) is 0 Å². The van der Waals surface area contributed by atoms with Crippen molar-refractivity contribution in [3.8, 4) is 0 Å². The predicted octanol–water partition coefficient (Wildman–Crippen LogP) is 2.33. The van der Waals surface area contributed by atoms with Crippen molar-refractivity contribution in [2.45, 2.75) is 45.3 Å². The van der Waals surface area contributed by atoms with Crippen LogP contribution in [0.3, 0.4) is 0 Å². The molecule has 0 saturated carbocycles. The molecule has 0 radical (unpaired) electrons. The maximum atomic E-state index is 10.6. The summed E-state index contributed by atoms with van der Waals surface area (Å²) in [5.74, 6) is 0.843. The zero-order chi connectivity index (χ0) is 13.9. The first-order chi connectivity index (χ1) is 9.07. The molecule has 102 valence electrons. The highest BCUT2D eigenvalue weighted by Gasteiger charge is 2.24. The second kappa shape index (κ2) is 5.53. The van der Waals surface area contributed by atoms with Gasteiger partial charge in [-0.25, -0.2) is 4.98 Å². The second-order valence-corrected chi connectivity index (χ2v) is 5.21. The van der Waals surface area contributed by atoms with Crippen LogP contribution in [0.15, 0.2) is 24.3 Å². The number of para-hydroxylation sites is 2. The van der Waals surface area contributed by atoms with Gasteiger partial charge in [-0.2, -0.15) is 0 Å². The molecule has 0 spiro atoms. The van der Waals surface area contributed by atoms with Crippen LogP contribution in [0.1, 0.15) is 32.5 Å². The van der Waals surface area contributed by atoms with Crippen LogP contribution in [0.25, 0.3) is 11.0 Å². The maximum absolute atomic E-state index is 10.6. The van der Waals surface area contributed by atoms with E-state index in [1.165, 1.54) is 0 Å². The Balaban J connectivity index is 2.41. The summed E-state index contributed by atoms with van der Waals surface area (Å²) >= 11 is 0. The summed E-state index contributed by atoms with van der Waals surface area (Å²) < 4.78 is 2.13. The van der Waals surface area contributed by atoms with Crippen molar-refractivity contribution < 1.29 is 9.90 Å². The van der Waals surface area contributed by atoms with E-state index in [4.69, 9.17) is 0 Å². The van der Waals surface area contributed by atoms with E-state index in [9.17, 15) is 9.90 Å². The van der Waals surface area contributed by atoms with Crippen molar-refractivity contribution >= 4 is 17.3 Å². The zero-order valence-electron chi connectivity index (χ0n) is 11.5. The standard InChI is InChI=1S/C15H20N2O2/c1-3-9-17-13-7-5-4-6-12(13)16-14(17)11-15(2,19)8-10-18/h4-7,10,19H,3,8-9,11H2,1-2H3. The van der Waals surface area contributed by atoms with Crippen molar-refractivity contribution in [1.82, 2.24) is 9.55 Å². The van der Waals surface area contributed by atoms with Crippen molar-refractivity contribution in [1.29, 1.82) is 0 Å². The number of aromatic nitrogens is 2. The average molecular weight is 260 g/mol. The van der Waals surface area contributed by atoms with E-state index in [0.717, 1.165) is 36.1 Å². The topological polar surface area (TPSA) is 55.1 Å². The molecule has 4 heteroatoms. The summed E-state index contributed by atoms with van der Waals surface area (Å²) in [6.45, 7) is 4.66. The Bertz CT molecular complexity index is 573. The number of aryl methyl sites for hydroxylation is 1. The Morgan fingerprint density at radius 3 is 2.84 bits per heavy atom. The third-order valence-corrected chi connectivity index (χ3v) is 3.24. The highest BCUT2D eigenvalue weighted by Crippen LogP contribution is 2.21. The Kier molecular flexibility index (Phi) is 4.00. The van der Waals surface area contributed by atoms with Crippen LogP contribution in [0.5, 0.6) is 0 Å². The first-order valence-electron chi connectivity index (χ1n) is 6.67. The summed E-state index contributed by atoms with van der Waals surface area (Å²) in [4.78, 5) is 15.2. The van der Waals surface area contributed by atoms with Gasteiger partial charge in [-0.1, -0.05) is 19.1 Å². The molecule has 1 heterocycles. The SMILES string of the molecule is CCCn1c(CC(C)(O)CC=O)nc2ccccc21. The molecule has 0 saturated heterocycles. The molecular formula is C15H20N2O2. The van der Waals surface area contributed by atoms with E-state index in [-0.39, 0.29) is 6.42 Å². The van der Waals surface area contributed by atoms with Gasteiger partial charge in [-0.3, -0.25) is 0 Å². The van der Waals surface area contributed by atoms with Crippen LogP contribution < -0.4 is 0 Å². The number of rotatable bonds is 6. The fraction of sp³-hybridized carbons (Fsp3) is 0.467. The van der Waals surface area contributed by atoms with Crippen LogP contribution in [-0.4, -0.2) is 26.5 Å². The maximum Gasteiger partial charge on any atom is 0.122 e. The molecule has 0 aliphatic carbocycles. The molecule has 1 unspecified atom stereocenters. The molecule has 1 aromatic carbocycles. The number of hydrogen-bond donors (Lipinski definition) is 1. The molecule has 0 amide bonds. The van der Waals surface area contributed by atoms with Crippen LogP contribution in [-0.2, 0) is 17.8 Å². The number of nitrogens with zero attached hydrogens (tertiary/aromatic N) is 2. The normalized spacial score (nSPS) is 14.5. The van der Waals surface area contributed by atoms with Crippen LogP contribution >= 0.6 is 0 Å². The number of carbonyl (C=O) groups excluding carboxylic acids is 1. The molecule has 0 aliphatic heterocycles. The van der Waals surface area contributed by atoms with Gasteiger partial charge in [0.25, 0.3) is 0 Å². The van der Waals surface area contributed by atoms with E-state index in [1.54, 1.807) is 6.92 Å². The van der Waals surface area contributed by atoms with Crippen LogP contribution in [0, 0.1) is 0 Å². The molecule has 0 bridgehead atoms. The average Bonchev–Trinajstić information content (AvgIpc) is 2.67. The lowest BCUT2D eigenvalue weighted by molar-refractivity contribution is -0.111. The molecule has 0 fully saturated rings. The van der Waals surface area contributed by atoms with Crippen LogP contribution in [0.2, 0.25) is 0 Å². The molecule has 2 aromatic rings. The number of benzene rings is 1. The van der Waals surface area contributed by atoms with Gasteiger partial charge in [0.2, 0.25) is 0 Å². The molecular weight excluding hydrogens is 240 g/mol.